The largest absolute Gasteiger partial charge is 0.394 e. The molecule has 0 aliphatic carbocycles. The lowest BCUT2D eigenvalue weighted by atomic mass is 9.87. The number of ether oxygens (including phenoxy) is 1. The highest BCUT2D eigenvalue weighted by atomic mass is 16.5. The minimum Gasteiger partial charge on any atom is -0.394 e. The summed E-state index contributed by atoms with van der Waals surface area (Å²) in [5.41, 5.74) is 1.09. The summed E-state index contributed by atoms with van der Waals surface area (Å²) in [5, 5.41) is 29.7. The van der Waals surface area contributed by atoms with Crippen LogP contribution in [0.3, 0.4) is 0 Å². The van der Waals surface area contributed by atoms with Crippen LogP contribution in [0.4, 0.5) is 0 Å². The second kappa shape index (κ2) is 5.89. The molecule has 5 aromatic rings. The number of benzene rings is 5. The van der Waals surface area contributed by atoms with Crippen molar-refractivity contribution >= 4 is 43.1 Å². The van der Waals surface area contributed by atoms with E-state index < -0.39 is 12.2 Å². The normalized spacial score (nSPS) is 22.9. The van der Waals surface area contributed by atoms with Crippen molar-refractivity contribution in [2.24, 2.45) is 0 Å². The van der Waals surface area contributed by atoms with Gasteiger partial charge in [-0.3, -0.25) is 0 Å². The smallest absolute Gasteiger partial charge is 0.107 e. The monoisotopic (exact) mass is 368 g/mol. The maximum atomic E-state index is 10.2. The van der Waals surface area contributed by atoms with Gasteiger partial charge in [-0.05, 0) is 48.7 Å². The zero-order valence-electron chi connectivity index (χ0n) is 15.3. The van der Waals surface area contributed by atoms with Crippen LogP contribution in [0.2, 0.25) is 0 Å². The van der Waals surface area contributed by atoms with E-state index in [0.29, 0.717) is 6.42 Å². The van der Waals surface area contributed by atoms with Crippen LogP contribution in [0.15, 0.2) is 66.7 Å². The Kier molecular flexibility index (Phi) is 3.42. The molecule has 138 valence electrons. The lowest BCUT2D eigenvalue weighted by molar-refractivity contribution is -0.0222. The van der Waals surface area contributed by atoms with E-state index in [1.165, 1.54) is 37.7 Å². The Hall–Kier alpha value is -2.72. The topological polar surface area (TPSA) is 49.7 Å². The molecule has 1 fully saturated rings. The summed E-state index contributed by atoms with van der Waals surface area (Å²) in [4.78, 5) is 0. The van der Waals surface area contributed by atoms with E-state index in [1.54, 1.807) is 0 Å². The van der Waals surface area contributed by atoms with Gasteiger partial charge in [0.05, 0.1) is 18.8 Å². The molecule has 1 aliphatic heterocycles. The van der Waals surface area contributed by atoms with Gasteiger partial charge in [-0.1, -0.05) is 66.7 Å². The van der Waals surface area contributed by atoms with Crippen LogP contribution in [0.25, 0.3) is 43.1 Å². The summed E-state index contributed by atoms with van der Waals surface area (Å²) in [6.07, 6.45) is -0.833. The van der Waals surface area contributed by atoms with Crippen LogP contribution >= 0.6 is 0 Å². The first-order valence-corrected chi connectivity index (χ1v) is 9.79. The molecular weight excluding hydrogens is 348 g/mol. The minimum absolute atomic E-state index is 0.158. The van der Waals surface area contributed by atoms with Gasteiger partial charge in [-0.15, -0.1) is 0 Å². The van der Waals surface area contributed by atoms with Crippen LogP contribution in [-0.4, -0.2) is 29.0 Å². The van der Waals surface area contributed by atoms with Crippen molar-refractivity contribution in [2.75, 3.05) is 6.61 Å². The van der Waals surface area contributed by atoms with Gasteiger partial charge in [-0.25, -0.2) is 0 Å². The summed E-state index contributed by atoms with van der Waals surface area (Å²) in [5.74, 6) is 0. The van der Waals surface area contributed by atoms with Crippen molar-refractivity contribution in [1.82, 2.24) is 0 Å². The Balaban J connectivity index is 1.72. The SMILES string of the molecule is OC[C@H]1O[C@H](c2ccc3c4cccc5cccc(c6cccc2c63)c54)C[C@H]1O. The van der Waals surface area contributed by atoms with Gasteiger partial charge in [0, 0.05) is 6.42 Å². The molecule has 1 saturated heterocycles. The summed E-state index contributed by atoms with van der Waals surface area (Å²) >= 11 is 0. The van der Waals surface area contributed by atoms with Gasteiger partial charge in [0.2, 0.25) is 0 Å². The van der Waals surface area contributed by atoms with E-state index in [-0.39, 0.29) is 12.7 Å². The molecule has 1 heterocycles. The van der Waals surface area contributed by atoms with E-state index in [1.807, 2.05) is 0 Å². The highest BCUT2D eigenvalue weighted by molar-refractivity contribution is 6.33. The molecule has 0 aromatic heterocycles. The van der Waals surface area contributed by atoms with Gasteiger partial charge >= 0.3 is 0 Å². The number of hydrogen-bond donors (Lipinski definition) is 2. The Morgan fingerprint density at radius 1 is 0.750 bits per heavy atom. The van der Waals surface area contributed by atoms with E-state index in [9.17, 15) is 10.2 Å². The average molecular weight is 368 g/mol. The van der Waals surface area contributed by atoms with Gasteiger partial charge in [0.25, 0.3) is 0 Å². The molecule has 0 bridgehead atoms. The predicted octanol–water partition coefficient (Wildman–Crippen LogP) is 4.92. The quantitative estimate of drug-likeness (QED) is 0.343. The molecule has 1 aliphatic rings. The van der Waals surface area contributed by atoms with Crippen molar-refractivity contribution in [2.45, 2.75) is 24.7 Å². The highest BCUT2D eigenvalue weighted by Gasteiger charge is 2.35. The molecule has 3 nitrogen and oxygen atoms in total. The molecule has 3 heteroatoms. The fourth-order valence-corrected chi connectivity index (χ4v) is 5.04. The molecule has 0 saturated carbocycles. The lowest BCUT2D eigenvalue weighted by Crippen LogP contribution is -2.24. The fourth-order valence-electron chi connectivity index (χ4n) is 5.04. The van der Waals surface area contributed by atoms with E-state index in [2.05, 4.69) is 66.7 Å². The molecule has 6 rings (SSSR count). The summed E-state index contributed by atoms with van der Waals surface area (Å²) in [6, 6.07) is 23.8. The Bertz CT molecular complexity index is 1290. The highest BCUT2D eigenvalue weighted by Crippen LogP contribution is 2.44. The van der Waals surface area contributed by atoms with Crippen LogP contribution in [0.5, 0.6) is 0 Å². The van der Waals surface area contributed by atoms with E-state index in [0.717, 1.165) is 10.9 Å². The fraction of sp³-hybridized carbons (Fsp3) is 0.200. The first kappa shape index (κ1) is 16.3. The lowest BCUT2D eigenvalue weighted by Gasteiger charge is -2.19. The Morgan fingerprint density at radius 3 is 2.04 bits per heavy atom. The van der Waals surface area contributed by atoms with E-state index in [4.69, 9.17) is 4.74 Å². The maximum absolute atomic E-state index is 10.2. The van der Waals surface area contributed by atoms with Crippen molar-refractivity contribution < 1.29 is 14.9 Å². The average Bonchev–Trinajstić information content (AvgIpc) is 3.12. The first-order chi connectivity index (χ1) is 13.8. The molecule has 0 spiro atoms. The minimum atomic E-state index is -0.629. The zero-order valence-corrected chi connectivity index (χ0v) is 15.3. The van der Waals surface area contributed by atoms with Crippen LogP contribution in [-0.2, 0) is 4.74 Å². The van der Waals surface area contributed by atoms with E-state index >= 15 is 0 Å². The molecule has 0 unspecified atom stereocenters. The van der Waals surface area contributed by atoms with Gasteiger partial charge in [-0.2, -0.15) is 0 Å². The van der Waals surface area contributed by atoms with Crippen molar-refractivity contribution in [3.8, 4) is 0 Å². The van der Waals surface area contributed by atoms with Crippen molar-refractivity contribution in [1.29, 1.82) is 0 Å². The number of aliphatic hydroxyl groups is 2. The number of aliphatic hydroxyl groups excluding tert-OH is 2. The van der Waals surface area contributed by atoms with Crippen LogP contribution in [0, 0.1) is 0 Å². The molecule has 2 N–H and O–H groups in total. The Morgan fingerprint density at radius 2 is 1.36 bits per heavy atom. The zero-order chi connectivity index (χ0) is 18.8. The number of rotatable bonds is 2. The van der Waals surface area contributed by atoms with Crippen molar-refractivity contribution in [3.05, 3.63) is 72.3 Å². The summed E-state index contributed by atoms with van der Waals surface area (Å²) < 4.78 is 5.98. The maximum Gasteiger partial charge on any atom is 0.107 e. The van der Waals surface area contributed by atoms with Crippen LogP contribution < -0.4 is 0 Å². The van der Waals surface area contributed by atoms with Gasteiger partial charge in [0.1, 0.15) is 6.10 Å². The third kappa shape index (κ3) is 2.09. The Labute approximate surface area is 162 Å². The first-order valence-electron chi connectivity index (χ1n) is 9.79. The summed E-state index contributed by atoms with van der Waals surface area (Å²) in [7, 11) is 0. The second-order valence-corrected chi connectivity index (χ2v) is 7.79. The predicted molar refractivity (Wildman–Crippen MR) is 113 cm³/mol. The molecule has 5 aromatic carbocycles. The molecule has 0 radical (unpaired) electrons. The molecular formula is C25H20O3. The number of hydrogen-bond acceptors (Lipinski definition) is 3. The third-order valence-electron chi connectivity index (χ3n) is 6.31. The molecule has 0 amide bonds. The second-order valence-electron chi connectivity index (χ2n) is 7.79. The standard InChI is InChI=1S/C25H20O3/c26-13-23-21(27)12-22(28-23)15-10-11-20-18-7-2-5-14-4-1-6-17(24(14)18)19-9-3-8-16(15)25(19)20/h1-11,21-23,26-27H,12-13H2/t21-,22+,23-/m1/s1. The molecule has 3 atom stereocenters. The van der Waals surface area contributed by atoms with Crippen LogP contribution in [0.1, 0.15) is 18.1 Å². The number of fused-ring (bicyclic) bond motifs is 2. The van der Waals surface area contributed by atoms with Gasteiger partial charge in [0.15, 0.2) is 0 Å². The molecule has 28 heavy (non-hydrogen) atoms. The summed E-state index contributed by atoms with van der Waals surface area (Å²) in [6.45, 7) is -0.158. The van der Waals surface area contributed by atoms with Gasteiger partial charge < -0.3 is 14.9 Å². The van der Waals surface area contributed by atoms with Crippen molar-refractivity contribution in [3.63, 3.8) is 0 Å². The third-order valence-corrected chi connectivity index (χ3v) is 6.31.